The first-order valence-corrected chi connectivity index (χ1v) is 11.7. The molecule has 10 heteroatoms. The normalized spacial score (nSPS) is 16.8. The fourth-order valence-electron chi connectivity index (χ4n) is 4.69. The van der Waals surface area contributed by atoms with Crippen LogP contribution in [0.25, 0.3) is 16.4 Å². The number of nitrogens with one attached hydrogen (secondary N) is 2. The number of piperazine rings is 1. The summed E-state index contributed by atoms with van der Waals surface area (Å²) in [6.07, 6.45) is 3.55. The van der Waals surface area contributed by atoms with Gasteiger partial charge in [-0.3, -0.25) is 14.1 Å². The van der Waals surface area contributed by atoms with E-state index in [1.165, 1.54) is 4.40 Å². The van der Waals surface area contributed by atoms with Gasteiger partial charge in [-0.15, -0.1) is 0 Å². The SMILES string of the molecule is O=C(NC1CC1)c1ccc(N2CCN(Cc3ccc4c([nH]c(=O)n5cccc45)c3F)CC2)c(F)n1. The third-order valence-corrected chi connectivity index (χ3v) is 6.78. The topological polar surface area (TPSA) is 85.7 Å². The molecule has 0 radical (unpaired) electrons. The van der Waals surface area contributed by atoms with Gasteiger partial charge in [-0.05, 0) is 37.1 Å². The highest BCUT2D eigenvalue weighted by Crippen LogP contribution is 2.25. The number of carbonyl (C=O) groups is 1. The number of benzene rings is 1. The van der Waals surface area contributed by atoms with E-state index in [1.54, 1.807) is 36.5 Å². The van der Waals surface area contributed by atoms with Crippen molar-refractivity contribution in [2.45, 2.75) is 25.4 Å². The van der Waals surface area contributed by atoms with Crippen LogP contribution in [0.5, 0.6) is 0 Å². The number of H-pyrrole nitrogens is 1. The largest absolute Gasteiger partial charge is 0.365 e. The van der Waals surface area contributed by atoms with Gasteiger partial charge in [0.25, 0.3) is 5.91 Å². The van der Waals surface area contributed by atoms with E-state index in [0.29, 0.717) is 54.9 Å². The first-order valence-electron chi connectivity index (χ1n) is 11.7. The third kappa shape index (κ3) is 4.03. The fourth-order valence-corrected chi connectivity index (χ4v) is 4.69. The molecule has 1 aliphatic heterocycles. The van der Waals surface area contributed by atoms with Crippen LogP contribution in [0.2, 0.25) is 0 Å². The summed E-state index contributed by atoms with van der Waals surface area (Å²) in [5.74, 6) is -1.44. The number of aromatic amines is 1. The number of hydrogen-bond donors (Lipinski definition) is 2. The van der Waals surface area contributed by atoms with E-state index in [2.05, 4.69) is 20.2 Å². The Kier molecular flexibility index (Phi) is 5.25. The van der Waals surface area contributed by atoms with E-state index in [-0.39, 0.29) is 28.8 Å². The molecule has 2 aliphatic rings. The second kappa shape index (κ2) is 8.46. The van der Waals surface area contributed by atoms with Crippen molar-refractivity contribution in [2.75, 3.05) is 31.1 Å². The highest BCUT2D eigenvalue weighted by Gasteiger charge is 2.26. The Morgan fingerprint density at radius 3 is 2.63 bits per heavy atom. The summed E-state index contributed by atoms with van der Waals surface area (Å²) < 4.78 is 31.5. The maximum atomic E-state index is 15.3. The van der Waals surface area contributed by atoms with Crippen molar-refractivity contribution in [1.29, 1.82) is 0 Å². The molecular weight excluding hydrogens is 454 g/mol. The molecule has 8 nitrogen and oxygen atoms in total. The zero-order valence-corrected chi connectivity index (χ0v) is 18.9. The minimum atomic E-state index is -0.664. The Hall–Kier alpha value is -3.79. The van der Waals surface area contributed by atoms with Crippen molar-refractivity contribution < 1.29 is 13.6 Å². The van der Waals surface area contributed by atoms with E-state index in [4.69, 9.17) is 0 Å². The minimum Gasteiger partial charge on any atom is -0.365 e. The summed E-state index contributed by atoms with van der Waals surface area (Å²) in [4.78, 5) is 34.9. The molecule has 6 rings (SSSR count). The van der Waals surface area contributed by atoms with Crippen molar-refractivity contribution >= 4 is 28.0 Å². The van der Waals surface area contributed by atoms with Gasteiger partial charge in [-0.2, -0.15) is 4.39 Å². The molecule has 1 saturated heterocycles. The number of fused-ring (bicyclic) bond motifs is 3. The van der Waals surface area contributed by atoms with Crippen LogP contribution in [0.1, 0.15) is 28.9 Å². The van der Waals surface area contributed by atoms with Gasteiger partial charge in [0.2, 0.25) is 5.95 Å². The van der Waals surface area contributed by atoms with Crippen molar-refractivity contribution in [1.82, 2.24) is 24.6 Å². The number of pyridine rings is 1. The molecule has 0 atom stereocenters. The Bertz CT molecular complexity index is 1500. The predicted molar refractivity (Wildman–Crippen MR) is 128 cm³/mol. The molecule has 2 fully saturated rings. The number of aromatic nitrogens is 3. The monoisotopic (exact) mass is 478 g/mol. The molecule has 3 aromatic heterocycles. The molecular formula is C25H24F2N6O2. The van der Waals surface area contributed by atoms with Crippen molar-refractivity contribution in [3.8, 4) is 0 Å². The number of hydrogen-bond acceptors (Lipinski definition) is 5. The molecule has 0 spiro atoms. The average Bonchev–Trinajstić information content (AvgIpc) is 3.52. The molecule has 0 bridgehead atoms. The number of nitrogens with zero attached hydrogens (tertiary/aromatic N) is 4. The lowest BCUT2D eigenvalue weighted by atomic mass is 10.1. The highest BCUT2D eigenvalue weighted by atomic mass is 19.1. The maximum Gasteiger partial charge on any atom is 0.330 e. The summed E-state index contributed by atoms with van der Waals surface area (Å²) in [6, 6.07) is 10.5. The molecule has 1 amide bonds. The molecule has 1 aliphatic carbocycles. The van der Waals surface area contributed by atoms with Gasteiger partial charge in [0, 0.05) is 55.9 Å². The quantitative estimate of drug-likeness (QED) is 0.431. The molecule has 180 valence electrons. The lowest BCUT2D eigenvalue weighted by Crippen LogP contribution is -2.46. The fraction of sp³-hybridized carbons (Fsp3) is 0.320. The summed E-state index contributed by atoms with van der Waals surface area (Å²) in [6.45, 7) is 2.68. The Morgan fingerprint density at radius 1 is 1.09 bits per heavy atom. The number of amides is 1. The van der Waals surface area contributed by atoms with E-state index < -0.39 is 11.8 Å². The average molecular weight is 479 g/mol. The van der Waals surface area contributed by atoms with E-state index in [0.717, 1.165) is 12.8 Å². The summed E-state index contributed by atoms with van der Waals surface area (Å²) >= 11 is 0. The lowest BCUT2D eigenvalue weighted by Gasteiger charge is -2.36. The molecule has 1 saturated carbocycles. The second-order valence-electron chi connectivity index (χ2n) is 9.17. The second-order valence-corrected chi connectivity index (χ2v) is 9.17. The zero-order chi connectivity index (χ0) is 24.1. The van der Waals surface area contributed by atoms with Gasteiger partial charge in [0.1, 0.15) is 5.69 Å². The van der Waals surface area contributed by atoms with Crippen LogP contribution in [-0.2, 0) is 6.54 Å². The first-order chi connectivity index (χ1) is 17.0. The number of halogens is 2. The molecule has 0 unspecified atom stereocenters. The van der Waals surface area contributed by atoms with Gasteiger partial charge in [0.05, 0.1) is 16.7 Å². The summed E-state index contributed by atoms with van der Waals surface area (Å²) in [5, 5.41) is 3.46. The van der Waals surface area contributed by atoms with E-state index >= 15 is 4.39 Å². The minimum absolute atomic E-state index is 0.0824. The number of anilines is 1. The van der Waals surface area contributed by atoms with Gasteiger partial charge in [0.15, 0.2) is 5.82 Å². The van der Waals surface area contributed by atoms with Crippen molar-refractivity contribution in [2.24, 2.45) is 0 Å². The first kappa shape index (κ1) is 21.7. The Labute approximate surface area is 199 Å². The van der Waals surface area contributed by atoms with Gasteiger partial charge in [-0.1, -0.05) is 12.1 Å². The van der Waals surface area contributed by atoms with Gasteiger partial charge in [-0.25, -0.2) is 14.2 Å². The summed E-state index contributed by atoms with van der Waals surface area (Å²) in [7, 11) is 0. The highest BCUT2D eigenvalue weighted by molar-refractivity contribution is 5.94. The number of rotatable bonds is 5. The molecule has 4 aromatic rings. The van der Waals surface area contributed by atoms with Crippen LogP contribution >= 0.6 is 0 Å². The van der Waals surface area contributed by atoms with Crippen LogP contribution in [0.3, 0.4) is 0 Å². The van der Waals surface area contributed by atoms with Crippen LogP contribution in [0.15, 0.2) is 47.4 Å². The maximum absolute atomic E-state index is 15.3. The van der Waals surface area contributed by atoms with Crippen LogP contribution in [0, 0.1) is 11.8 Å². The van der Waals surface area contributed by atoms with E-state index in [1.807, 2.05) is 11.0 Å². The number of carbonyl (C=O) groups excluding carboxylic acids is 1. The molecule has 1 aromatic carbocycles. The Balaban J connectivity index is 1.14. The van der Waals surface area contributed by atoms with Crippen molar-refractivity contribution in [3.05, 3.63) is 76.1 Å². The molecule has 4 heterocycles. The van der Waals surface area contributed by atoms with Crippen LogP contribution < -0.4 is 15.9 Å². The van der Waals surface area contributed by atoms with Crippen LogP contribution in [-0.4, -0.2) is 57.4 Å². The van der Waals surface area contributed by atoms with Crippen LogP contribution in [0.4, 0.5) is 14.5 Å². The van der Waals surface area contributed by atoms with Gasteiger partial charge >= 0.3 is 5.69 Å². The lowest BCUT2D eigenvalue weighted by molar-refractivity contribution is 0.0945. The Morgan fingerprint density at radius 2 is 1.89 bits per heavy atom. The molecule has 35 heavy (non-hydrogen) atoms. The smallest absolute Gasteiger partial charge is 0.330 e. The van der Waals surface area contributed by atoms with E-state index in [9.17, 15) is 14.0 Å². The zero-order valence-electron chi connectivity index (χ0n) is 18.9. The standard InChI is InChI=1S/C25H24F2N6O2/c26-21-15(3-6-17-19-2-1-9-33(19)25(35)30-22(17)21)14-31-10-12-32(13-11-31)20-8-7-18(29-23(20)27)24(34)28-16-4-5-16/h1-3,6-9,16H,4-5,10-14H2,(H,28,34)(H,30,35). The summed E-state index contributed by atoms with van der Waals surface area (Å²) in [5.41, 5.74) is 1.42. The molecule has 2 N–H and O–H groups in total. The predicted octanol–water partition coefficient (Wildman–Crippen LogP) is 2.67. The van der Waals surface area contributed by atoms with Crippen molar-refractivity contribution in [3.63, 3.8) is 0 Å². The third-order valence-electron chi connectivity index (χ3n) is 6.78. The van der Waals surface area contributed by atoms with Gasteiger partial charge < -0.3 is 15.2 Å².